The van der Waals surface area contributed by atoms with E-state index in [2.05, 4.69) is 34.3 Å². The maximum atomic E-state index is 13.4. The molecule has 0 aliphatic heterocycles. The summed E-state index contributed by atoms with van der Waals surface area (Å²) in [5.41, 5.74) is 7.80. The molecule has 5 aromatic rings. The van der Waals surface area contributed by atoms with Crippen molar-refractivity contribution in [3.05, 3.63) is 100 Å². The van der Waals surface area contributed by atoms with E-state index in [1.54, 1.807) is 54.9 Å². The second-order valence-corrected chi connectivity index (χ2v) is 8.84. The first-order valence-corrected chi connectivity index (χ1v) is 11.7. The lowest BCUT2D eigenvalue weighted by Gasteiger charge is -2.15. The van der Waals surface area contributed by atoms with Gasteiger partial charge in [0.2, 0.25) is 0 Å². The fraction of sp³-hybridized carbons (Fsp3) is 0.148. The maximum absolute atomic E-state index is 13.4. The summed E-state index contributed by atoms with van der Waals surface area (Å²) in [6, 6.07) is 16.1. The Labute approximate surface area is 212 Å². The number of carbonyl (C=O) groups is 1. The molecule has 10 nitrogen and oxygen atoms in total. The number of rotatable bonds is 7. The highest BCUT2D eigenvalue weighted by Crippen LogP contribution is 2.26. The number of amides is 1. The summed E-state index contributed by atoms with van der Waals surface area (Å²) in [6.45, 7) is 3.77. The Morgan fingerprint density at radius 2 is 1.92 bits per heavy atom. The molecule has 0 saturated heterocycles. The van der Waals surface area contributed by atoms with Gasteiger partial charge in [0.15, 0.2) is 5.82 Å². The summed E-state index contributed by atoms with van der Waals surface area (Å²) in [5.74, 6) is 0.335. The Morgan fingerprint density at radius 1 is 1.11 bits per heavy atom. The molecule has 1 amide bonds. The fourth-order valence-electron chi connectivity index (χ4n) is 4.17. The second kappa shape index (κ2) is 9.67. The number of nitrogens with one attached hydrogen (secondary N) is 1. The number of benzene rings is 2. The van der Waals surface area contributed by atoms with Crippen molar-refractivity contribution in [3.8, 4) is 11.4 Å². The molecular formula is C27H25N7O3. The molecule has 0 bridgehead atoms. The fourth-order valence-corrected chi connectivity index (χ4v) is 4.17. The van der Waals surface area contributed by atoms with Crippen LogP contribution < -0.4 is 16.6 Å². The number of hydrogen-bond donors (Lipinski definition) is 3. The molecule has 0 atom stereocenters. The second-order valence-electron chi connectivity index (χ2n) is 8.84. The predicted octanol–water partition coefficient (Wildman–Crippen LogP) is 3.42. The van der Waals surface area contributed by atoms with E-state index in [9.17, 15) is 14.7 Å². The molecule has 0 unspecified atom stereocenters. The minimum Gasteiger partial charge on any atom is -0.392 e. The lowest BCUT2D eigenvalue weighted by atomic mass is 10.0. The van der Waals surface area contributed by atoms with Gasteiger partial charge in [-0.05, 0) is 47.9 Å². The number of aliphatic hydroxyl groups excluding tert-OH is 1. The van der Waals surface area contributed by atoms with E-state index in [-0.39, 0.29) is 16.9 Å². The molecular weight excluding hydrogens is 470 g/mol. The Hall–Kier alpha value is -4.83. The average Bonchev–Trinajstić information content (AvgIpc) is 3.32. The highest BCUT2D eigenvalue weighted by atomic mass is 16.3. The van der Waals surface area contributed by atoms with Crippen LogP contribution in [0.1, 0.15) is 41.3 Å². The number of nitrogens with two attached hydrogens (primary N) is 1. The lowest BCUT2D eigenvalue weighted by molar-refractivity contribution is 0.100. The molecule has 3 aromatic heterocycles. The predicted molar refractivity (Wildman–Crippen MR) is 141 cm³/mol. The zero-order chi connectivity index (χ0) is 26.1. The molecule has 0 saturated carbocycles. The molecule has 0 spiro atoms. The van der Waals surface area contributed by atoms with Crippen molar-refractivity contribution >= 4 is 28.3 Å². The van der Waals surface area contributed by atoms with E-state index < -0.39 is 12.5 Å². The first-order chi connectivity index (χ1) is 17.9. The quantitative estimate of drug-likeness (QED) is 0.314. The lowest BCUT2D eigenvalue weighted by Crippen LogP contribution is -2.23. The van der Waals surface area contributed by atoms with Crippen molar-refractivity contribution in [3.63, 3.8) is 0 Å². The van der Waals surface area contributed by atoms with E-state index in [0.29, 0.717) is 34.1 Å². The third-order valence-electron chi connectivity index (χ3n) is 6.13. The molecule has 0 aliphatic carbocycles. The van der Waals surface area contributed by atoms with Crippen LogP contribution in [0.15, 0.2) is 78.0 Å². The van der Waals surface area contributed by atoms with Gasteiger partial charge in [0.1, 0.15) is 11.4 Å². The van der Waals surface area contributed by atoms with Gasteiger partial charge >= 0.3 is 0 Å². The number of aromatic nitrogens is 5. The van der Waals surface area contributed by atoms with Gasteiger partial charge in [-0.15, -0.1) is 5.10 Å². The van der Waals surface area contributed by atoms with Gasteiger partial charge in [0.05, 0.1) is 29.6 Å². The number of aliphatic hydroxyl groups is 1. The summed E-state index contributed by atoms with van der Waals surface area (Å²) < 4.78 is 2.69. The van der Waals surface area contributed by atoms with Gasteiger partial charge in [-0.3, -0.25) is 9.59 Å². The topological polar surface area (TPSA) is 141 Å². The zero-order valence-electron chi connectivity index (χ0n) is 20.3. The number of anilines is 2. The van der Waals surface area contributed by atoms with Gasteiger partial charge < -0.3 is 16.2 Å². The van der Waals surface area contributed by atoms with Gasteiger partial charge in [-0.2, -0.15) is 9.78 Å². The highest BCUT2D eigenvalue weighted by Gasteiger charge is 2.19. The molecule has 3 heterocycles. The van der Waals surface area contributed by atoms with Crippen LogP contribution in [0.3, 0.4) is 0 Å². The van der Waals surface area contributed by atoms with Crippen LogP contribution in [-0.4, -0.2) is 35.6 Å². The molecule has 4 N–H and O–H groups in total. The van der Waals surface area contributed by atoms with Crippen molar-refractivity contribution in [2.75, 3.05) is 5.32 Å². The summed E-state index contributed by atoms with van der Waals surface area (Å²) in [4.78, 5) is 29.7. The molecule has 186 valence electrons. The summed E-state index contributed by atoms with van der Waals surface area (Å²) >= 11 is 0. The molecule has 0 fully saturated rings. The number of fused-ring (bicyclic) bond motifs is 1. The molecule has 2 aromatic carbocycles. The van der Waals surface area contributed by atoms with Crippen molar-refractivity contribution in [2.45, 2.75) is 26.4 Å². The number of pyridine rings is 1. The number of nitrogens with zero attached hydrogens (tertiary/aromatic N) is 5. The molecule has 0 radical (unpaired) electrons. The van der Waals surface area contributed by atoms with Crippen molar-refractivity contribution in [1.29, 1.82) is 0 Å². The van der Waals surface area contributed by atoms with Crippen molar-refractivity contribution < 1.29 is 9.90 Å². The first-order valence-electron chi connectivity index (χ1n) is 11.7. The van der Waals surface area contributed by atoms with Crippen LogP contribution in [-0.2, 0) is 6.61 Å². The number of hydrogen-bond acceptors (Lipinski definition) is 7. The normalized spacial score (nSPS) is 11.2. The van der Waals surface area contributed by atoms with Gasteiger partial charge in [0, 0.05) is 23.3 Å². The van der Waals surface area contributed by atoms with Gasteiger partial charge in [0.25, 0.3) is 11.5 Å². The van der Waals surface area contributed by atoms with Crippen LogP contribution in [0.5, 0.6) is 0 Å². The Kier molecular flexibility index (Phi) is 6.24. The minimum absolute atomic E-state index is 0.141. The third-order valence-corrected chi connectivity index (χ3v) is 6.13. The van der Waals surface area contributed by atoms with Gasteiger partial charge in [-0.25, -0.2) is 9.67 Å². The summed E-state index contributed by atoms with van der Waals surface area (Å²) in [5, 5.41) is 23.5. The van der Waals surface area contributed by atoms with Crippen LogP contribution in [0.2, 0.25) is 0 Å². The largest absolute Gasteiger partial charge is 0.392 e. The van der Waals surface area contributed by atoms with Crippen LogP contribution in [0.4, 0.5) is 11.6 Å². The number of carbonyl (C=O) groups excluding carboxylic acids is 1. The Balaban J connectivity index is 1.62. The molecule has 5 rings (SSSR count). The monoisotopic (exact) mass is 495 g/mol. The zero-order valence-corrected chi connectivity index (χ0v) is 20.3. The van der Waals surface area contributed by atoms with Crippen molar-refractivity contribution in [2.24, 2.45) is 5.73 Å². The Bertz CT molecular complexity index is 1670. The minimum atomic E-state index is -0.681. The molecule has 0 aliphatic rings. The van der Waals surface area contributed by atoms with Crippen LogP contribution >= 0.6 is 0 Å². The van der Waals surface area contributed by atoms with Gasteiger partial charge in [-0.1, -0.05) is 32.0 Å². The van der Waals surface area contributed by atoms with E-state index in [1.807, 2.05) is 12.1 Å². The standard InChI is InChI=1S/C27H25N7O3/c1-16(2)17-9-10-19-18(12-17)13-30-34(27(19)37)23-7-5-6-22(21(23)15-35)33-14-20(25(28)36)26(32-33)31-24-8-3-4-11-29-24/h3-14,16,35H,15H2,1-2H3,(H2,28,36)(H,29,31,32). The van der Waals surface area contributed by atoms with Crippen molar-refractivity contribution in [1.82, 2.24) is 24.5 Å². The third kappa shape index (κ3) is 4.45. The van der Waals surface area contributed by atoms with E-state index >= 15 is 0 Å². The Morgan fingerprint density at radius 3 is 2.62 bits per heavy atom. The maximum Gasteiger partial charge on any atom is 0.279 e. The van der Waals surface area contributed by atoms with Crippen LogP contribution in [0, 0.1) is 0 Å². The summed E-state index contributed by atoms with van der Waals surface area (Å²) in [6.07, 6.45) is 4.72. The smallest absolute Gasteiger partial charge is 0.279 e. The van der Waals surface area contributed by atoms with E-state index in [0.717, 1.165) is 10.9 Å². The SMILES string of the molecule is CC(C)c1ccc2c(=O)n(-c3cccc(-n4cc(C(N)=O)c(Nc5ccccn5)n4)c3CO)ncc2c1. The highest BCUT2D eigenvalue weighted by molar-refractivity contribution is 5.98. The van der Waals surface area contributed by atoms with E-state index in [1.165, 1.54) is 15.6 Å². The molecule has 37 heavy (non-hydrogen) atoms. The molecule has 10 heteroatoms. The summed E-state index contributed by atoms with van der Waals surface area (Å²) in [7, 11) is 0. The number of primary amides is 1. The van der Waals surface area contributed by atoms with E-state index in [4.69, 9.17) is 5.73 Å². The van der Waals surface area contributed by atoms with Crippen LogP contribution in [0.25, 0.3) is 22.1 Å². The first kappa shape index (κ1) is 23.9. The average molecular weight is 496 g/mol.